The quantitative estimate of drug-likeness (QED) is 0.772. The van der Waals surface area contributed by atoms with Gasteiger partial charge < -0.3 is 15.2 Å². The molecule has 0 aliphatic carbocycles. The molecule has 2 atom stereocenters. The van der Waals surface area contributed by atoms with Gasteiger partial charge in [-0.25, -0.2) is 0 Å². The molecule has 0 aliphatic heterocycles. The second-order valence-electron chi connectivity index (χ2n) is 5.06. The zero-order valence-corrected chi connectivity index (χ0v) is 12.0. The van der Waals surface area contributed by atoms with E-state index in [1.807, 2.05) is 45.0 Å². The molecule has 0 aliphatic rings. The Morgan fingerprint density at radius 3 is 2.37 bits per heavy atom. The van der Waals surface area contributed by atoms with Crippen molar-refractivity contribution in [1.29, 1.82) is 0 Å². The molecule has 0 saturated heterocycles. The summed E-state index contributed by atoms with van der Waals surface area (Å²) in [7, 11) is 1.35. The summed E-state index contributed by atoms with van der Waals surface area (Å²) in [5.41, 5.74) is 1.94. The lowest BCUT2D eigenvalue weighted by molar-refractivity contribution is -0.142. The van der Waals surface area contributed by atoms with E-state index in [-0.39, 0.29) is 24.5 Å². The van der Waals surface area contributed by atoms with Crippen molar-refractivity contribution in [2.45, 2.75) is 45.4 Å². The zero-order chi connectivity index (χ0) is 14.4. The molecule has 1 rings (SSSR count). The van der Waals surface area contributed by atoms with Crippen LogP contribution in [0.2, 0.25) is 0 Å². The molecule has 19 heavy (non-hydrogen) atoms. The number of aliphatic hydroxyl groups excluding tert-OH is 1. The number of rotatable bonds is 6. The number of hydrogen-bond donors (Lipinski definition) is 2. The summed E-state index contributed by atoms with van der Waals surface area (Å²) in [5.74, 6) is -0.329. The van der Waals surface area contributed by atoms with E-state index in [0.29, 0.717) is 0 Å². The Balaban J connectivity index is 2.83. The number of aliphatic hydroxyl groups is 1. The molecule has 0 bridgehead atoms. The van der Waals surface area contributed by atoms with E-state index in [2.05, 4.69) is 10.1 Å². The van der Waals surface area contributed by atoms with Crippen LogP contribution in [0, 0.1) is 6.92 Å². The minimum Gasteiger partial charge on any atom is -0.469 e. The van der Waals surface area contributed by atoms with Crippen molar-refractivity contribution >= 4 is 5.97 Å². The van der Waals surface area contributed by atoms with Gasteiger partial charge in [-0.3, -0.25) is 4.79 Å². The van der Waals surface area contributed by atoms with E-state index < -0.39 is 6.10 Å². The average Bonchev–Trinajstić information content (AvgIpc) is 2.37. The third-order valence-corrected chi connectivity index (χ3v) is 2.96. The van der Waals surface area contributed by atoms with E-state index in [0.717, 1.165) is 11.1 Å². The minimum atomic E-state index is -0.734. The average molecular weight is 265 g/mol. The summed E-state index contributed by atoms with van der Waals surface area (Å²) < 4.78 is 4.68. The van der Waals surface area contributed by atoms with Crippen LogP contribution in [0.4, 0.5) is 0 Å². The van der Waals surface area contributed by atoms with E-state index >= 15 is 0 Å². The summed E-state index contributed by atoms with van der Waals surface area (Å²) in [6.45, 7) is 5.95. The molecule has 0 spiro atoms. The molecule has 4 nitrogen and oxygen atoms in total. The fourth-order valence-electron chi connectivity index (χ4n) is 1.95. The fourth-order valence-corrected chi connectivity index (χ4v) is 1.95. The molecule has 2 N–H and O–H groups in total. The van der Waals surface area contributed by atoms with Gasteiger partial charge in [0.05, 0.1) is 19.6 Å². The van der Waals surface area contributed by atoms with Gasteiger partial charge in [0.1, 0.15) is 0 Å². The summed E-state index contributed by atoms with van der Waals surface area (Å²) in [6, 6.07) is 7.48. The van der Waals surface area contributed by atoms with Crippen LogP contribution >= 0.6 is 0 Å². The summed E-state index contributed by atoms with van der Waals surface area (Å²) in [4.78, 5) is 11.4. The van der Waals surface area contributed by atoms with Crippen LogP contribution in [0.1, 0.15) is 37.5 Å². The number of carbonyl (C=O) groups excluding carboxylic acids is 1. The predicted molar refractivity (Wildman–Crippen MR) is 74.8 cm³/mol. The smallest absolute Gasteiger partial charge is 0.307 e. The van der Waals surface area contributed by atoms with Crippen LogP contribution in [0.5, 0.6) is 0 Å². The van der Waals surface area contributed by atoms with Gasteiger partial charge in [-0.1, -0.05) is 43.7 Å². The molecule has 1 aromatic carbocycles. The lowest BCUT2D eigenvalue weighted by Gasteiger charge is -2.25. The predicted octanol–water partition coefficient (Wildman–Crippen LogP) is 1.96. The fraction of sp³-hybridized carbons (Fsp3) is 0.533. The highest BCUT2D eigenvalue weighted by Crippen LogP contribution is 2.20. The Kier molecular flexibility index (Phi) is 5.99. The van der Waals surface area contributed by atoms with Crippen molar-refractivity contribution in [2.24, 2.45) is 0 Å². The number of carbonyl (C=O) groups is 1. The summed E-state index contributed by atoms with van der Waals surface area (Å²) >= 11 is 0. The maximum Gasteiger partial charge on any atom is 0.307 e. The molecule has 0 heterocycles. The van der Waals surface area contributed by atoms with Crippen molar-refractivity contribution < 1.29 is 14.6 Å². The van der Waals surface area contributed by atoms with Gasteiger partial charge in [-0.05, 0) is 12.5 Å². The van der Waals surface area contributed by atoms with E-state index in [1.165, 1.54) is 7.11 Å². The maximum atomic E-state index is 11.4. The van der Waals surface area contributed by atoms with Crippen molar-refractivity contribution in [3.63, 3.8) is 0 Å². The van der Waals surface area contributed by atoms with E-state index in [1.54, 1.807) is 0 Å². The van der Waals surface area contributed by atoms with E-state index in [4.69, 9.17) is 0 Å². The molecule has 0 radical (unpaired) electrons. The Hall–Kier alpha value is -1.39. The number of ether oxygens (including phenoxy) is 1. The molecule has 4 heteroatoms. The number of aryl methyl sites for hydroxylation is 1. The summed E-state index contributed by atoms with van der Waals surface area (Å²) in [5, 5.41) is 13.6. The molecular formula is C15H23NO3. The first kappa shape index (κ1) is 15.7. The first-order valence-corrected chi connectivity index (χ1v) is 6.51. The number of hydrogen-bond acceptors (Lipinski definition) is 4. The molecule has 1 aromatic rings. The van der Waals surface area contributed by atoms with Gasteiger partial charge in [-0.2, -0.15) is 0 Å². The molecule has 2 unspecified atom stereocenters. The van der Waals surface area contributed by atoms with Gasteiger partial charge in [-0.15, -0.1) is 0 Å². The largest absolute Gasteiger partial charge is 0.469 e. The Labute approximate surface area is 114 Å². The topological polar surface area (TPSA) is 58.6 Å². The Morgan fingerprint density at radius 1 is 1.32 bits per heavy atom. The second-order valence-corrected chi connectivity index (χ2v) is 5.06. The molecule has 106 valence electrons. The lowest BCUT2D eigenvalue weighted by Crippen LogP contribution is -2.41. The highest BCUT2D eigenvalue weighted by molar-refractivity contribution is 5.70. The lowest BCUT2D eigenvalue weighted by atomic mass is 9.98. The highest BCUT2D eigenvalue weighted by atomic mass is 16.5. The standard InChI is InChI=1S/C15H23NO3/c1-10(2)16-13(9-14(17)19-4)15(18)12-7-5-11(3)6-8-12/h5-8,10,13,15-16,18H,9H2,1-4H3. The third kappa shape index (κ3) is 5.01. The van der Waals surface area contributed by atoms with Crippen LogP contribution in [-0.4, -0.2) is 30.3 Å². The Morgan fingerprint density at radius 2 is 1.89 bits per heavy atom. The second kappa shape index (κ2) is 7.26. The van der Waals surface area contributed by atoms with Gasteiger partial charge >= 0.3 is 5.97 Å². The third-order valence-electron chi connectivity index (χ3n) is 2.96. The van der Waals surface area contributed by atoms with Crippen molar-refractivity contribution in [3.8, 4) is 0 Å². The number of nitrogens with one attached hydrogen (secondary N) is 1. The molecule has 0 amide bonds. The van der Waals surface area contributed by atoms with Crippen molar-refractivity contribution in [3.05, 3.63) is 35.4 Å². The normalized spacial score (nSPS) is 14.2. The first-order chi connectivity index (χ1) is 8.93. The minimum absolute atomic E-state index is 0.143. The van der Waals surface area contributed by atoms with Crippen LogP contribution in [0.3, 0.4) is 0 Å². The van der Waals surface area contributed by atoms with Crippen LogP contribution in [0.25, 0.3) is 0 Å². The molecule has 0 aromatic heterocycles. The van der Waals surface area contributed by atoms with Gasteiger partial charge in [0.25, 0.3) is 0 Å². The SMILES string of the molecule is COC(=O)CC(NC(C)C)C(O)c1ccc(C)cc1. The highest BCUT2D eigenvalue weighted by Gasteiger charge is 2.24. The van der Waals surface area contributed by atoms with Crippen molar-refractivity contribution in [2.75, 3.05) is 7.11 Å². The zero-order valence-electron chi connectivity index (χ0n) is 12.0. The van der Waals surface area contributed by atoms with Crippen LogP contribution in [0.15, 0.2) is 24.3 Å². The Bertz CT molecular complexity index is 400. The molecular weight excluding hydrogens is 242 g/mol. The van der Waals surface area contributed by atoms with Gasteiger partial charge in [0, 0.05) is 12.1 Å². The van der Waals surface area contributed by atoms with Crippen LogP contribution in [-0.2, 0) is 9.53 Å². The van der Waals surface area contributed by atoms with E-state index in [9.17, 15) is 9.90 Å². The molecule has 0 fully saturated rings. The van der Waals surface area contributed by atoms with Crippen LogP contribution < -0.4 is 5.32 Å². The number of methoxy groups -OCH3 is 1. The maximum absolute atomic E-state index is 11.4. The summed E-state index contributed by atoms with van der Waals surface area (Å²) in [6.07, 6.45) is -0.592. The molecule has 0 saturated carbocycles. The van der Waals surface area contributed by atoms with Gasteiger partial charge in [0.2, 0.25) is 0 Å². The number of benzene rings is 1. The first-order valence-electron chi connectivity index (χ1n) is 6.51. The monoisotopic (exact) mass is 265 g/mol. The van der Waals surface area contributed by atoms with Gasteiger partial charge in [0.15, 0.2) is 0 Å². The van der Waals surface area contributed by atoms with Crippen molar-refractivity contribution in [1.82, 2.24) is 5.32 Å². The number of esters is 1.